The summed E-state index contributed by atoms with van der Waals surface area (Å²) in [5, 5.41) is 13.1. The number of pyridine rings is 1. The quantitative estimate of drug-likeness (QED) is 0.749. The van der Waals surface area contributed by atoms with Gasteiger partial charge in [0.15, 0.2) is 0 Å². The molecule has 7 heteroatoms. The van der Waals surface area contributed by atoms with Gasteiger partial charge >= 0.3 is 0 Å². The number of hydrogen-bond donors (Lipinski definition) is 2. The van der Waals surface area contributed by atoms with Crippen LogP contribution in [-0.2, 0) is 6.42 Å². The maximum Gasteiger partial charge on any atom is 0.270 e. The molecule has 7 nitrogen and oxygen atoms in total. The van der Waals surface area contributed by atoms with Gasteiger partial charge in [-0.15, -0.1) is 0 Å². The Morgan fingerprint density at radius 2 is 2.24 bits per heavy atom. The molecule has 0 aromatic carbocycles. The fourth-order valence-corrected chi connectivity index (χ4v) is 2.28. The summed E-state index contributed by atoms with van der Waals surface area (Å²) in [5.41, 5.74) is 3.98. The van der Waals surface area contributed by atoms with E-state index >= 15 is 0 Å². The third-order valence-electron chi connectivity index (χ3n) is 3.29. The van der Waals surface area contributed by atoms with Crippen LogP contribution in [0.1, 0.15) is 27.4 Å². The number of aryl methyl sites for hydroxylation is 2. The first-order valence-corrected chi connectivity index (χ1v) is 6.73. The van der Waals surface area contributed by atoms with Crippen molar-refractivity contribution >= 4 is 11.6 Å². The zero-order valence-corrected chi connectivity index (χ0v) is 11.9. The molecule has 2 N–H and O–H groups in total. The fraction of sp³-hybridized carbons (Fsp3) is 0.286. The Morgan fingerprint density at radius 3 is 3.00 bits per heavy atom. The Kier molecular flexibility index (Phi) is 3.39. The summed E-state index contributed by atoms with van der Waals surface area (Å²) in [7, 11) is 0. The summed E-state index contributed by atoms with van der Waals surface area (Å²) in [4.78, 5) is 16.8. The molecule has 3 aromatic heterocycles. The van der Waals surface area contributed by atoms with Gasteiger partial charge in [0, 0.05) is 19.2 Å². The van der Waals surface area contributed by atoms with E-state index in [1.165, 1.54) is 0 Å². The Bertz CT molecular complexity index is 774. The Labute approximate surface area is 121 Å². The van der Waals surface area contributed by atoms with Crippen LogP contribution in [0.3, 0.4) is 0 Å². The Hall–Kier alpha value is -2.70. The lowest BCUT2D eigenvalue weighted by Crippen LogP contribution is -2.27. The van der Waals surface area contributed by atoms with Gasteiger partial charge < -0.3 is 5.32 Å². The molecule has 0 atom stereocenters. The SMILES string of the molecule is Cc1ccc2nc(C)c(C(=O)NCCc3cn[nH]n3)n2c1. The maximum atomic E-state index is 12.4. The molecule has 0 aliphatic carbocycles. The van der Waals surface area contributed by atoms with E-state index in [0.717, 1.165) is 22.6 Å². The zero-order chi connectivity index (χ0) is 14.8. The van der Waals surface area contributed by atoms with E-state index in [1.807, 2.05) is 36.6 Å². The molecule has 108 valence electrons. The molecule has 0 aliphatic heterocycles. The number of fused-ring (bicyclic) bond motifs is 1. The summed E-state index contributed by atoms with van der Waals surface area (Å²) >= 11 is 0. The van der Waals surface area contributed by atoms with Crippen molar-refractivity contribution in [1.29, 1.82) is 0 Å². The molecule has 0 saturated carbocycles. The van der Waals surface area contributed by atoms with Crippen LogP contribution in [0.25, 0.3) is 5.65 Å². The summed E-state index contributed by atoms with van der Waals surface area (Å²) in [6, 6.07) is 3.89. The van der Waals surface area contributed by atoms with E-state index in [4.69, 9.17) is 0 Å². The van der Waals surface area contributed by atoms with Gasteiger partial charge in [0.05, 0.1) is 17.6 Å². The van der Waals surface area contributed by atoms with E-state index in [2.05, 4.69) is 25.7 Å². The number of carbonyl (C=O) groups excluding carboxylic acids is 1. The number of carbonyl (C=O) groups is 1. The average molecular weight is 284 g/mol. The standard InChI is InChI=1S/C14H16N6O/c1-9-3-4-12-17-10(2)13(20(12)8-9)14(21)15-6-5-11-7-16-19-18-11/h3-4,7-8H,5-6H2,1-2H3,(H,15,21)(H,16,18,19). The van der Waals surface area contributed by atoms with Gasteiger partial charge in [0.25, 0.3) is 5.91 Å². The molecule has 3 heterocycles. The molecule has 0 spiro atoms. The van der Waals surface area contributed by atoms with Crippen molar-refractivity contribution in [3.05, 3.63) is 47.2 Å². The van der Waals surface area contributed by atoms with Crippen molar-refractivity contribution in [2.45, 2.75) is 20.3 Å². The Balaban J connectivity index is 1.77. The second-order valence-corrected chi connectivity index (χ2v) is 4.95. The van der Waals surface area contributed by atoms with E-state index in [9.17, 15) is 4.79 Å². The van der Waals surface area contributed by atoms with Gasteiger partial charge in [-0.25, -0.2) is 4.98 Å². The number of nitrogens with one attached hydrogen (secondary N) is 2. The van der Waals surface area contributed by atoms with Gasteiger partial charge in [-0.05, 0) is 25.5 Å². The van der Waals surface area contributed by atoms with Crippen LogP contribution in [0.15, 0.2) is 24.5 Å². The smallest absolute Gasteiger partial charge is 0.270 e. The van der Waals surface area contributed by atoms with Crippen LogP contribution >= 0.6 is 0 Å². The van der Waals surface area contributed by atoms with Crippen molar-refractivity contribution in [3.63, 3.8) is 0 Å². The van der Waals surface area contributed by atoms with Gasteiger partial charge in [-0.3, -0.25) is 9.20 Å². The van der Waals surface area contributed by atoms with E-state index in [0.29, 0.717) is 18.7 Å². The first kappa shape index (κ1) is 13.3. The van der Waals surface area contributed by atoms with Crippen LogP contribution in [0.5, 0.6) is 0 Å². The lowest BCUT2D eigenvalue weighted by molar-refractivity contribution is 0.0947. The van der Waals surface area contributed by atoms with Gasteiger partial charge in [0.1, 0.15) is 11.3 Å². The van der Waals surface area contributed by atoms with Crippen LogP contribution < -0.4 is 5.32 Å². The lowest BCUT2D eigenvalue weighted by Gasteiger charge is -2.05. The number of amides is 1. The normalized spacial score (nSPS) is 11.0. The number of nitrogens with zero attached hydrogens (tertiary/aromatic N) is 4. The first-order valence-electron chi connectivity index (χ1n) is 6.73. The van der Waals surface area contributed by atoms with Gasteiger partial charge in [-0.2, -0.15) is 15.4 Å². The van der Waals surface area contributed by atoms with Crippen LogP contribution in [0, 0.1) is 13.8 Å². The molecular formula is C14H16N6O. The van der Waals surface area contributed by atoms with Crippen molar-refractivity contribution < 1.29 is 4.79 Å². The highest BCUT2D eigenvalue weighted by Gasteiger charge is 2.16. The summed E-state index contributed by atoms with van der Waals surface area (Å²) < 4.78 is 1.83. The first-order chi connectivity index (χ1) is 10.1. The van der Waals surface area contributed by atoms with Crippen molar-refractivity contribution in [3.8, 4) is 0 Å². The topological polar surface area (TPSA) is 88.0 Å². The van der Waals surface area contributed by atoms with Crippen LogP contribution in [0.4, 0.5) is 0 Å². The monoisotopic (exact) mass is 284 g/mol. The van der Waals surface area contributed by atoms with Crippen LogP contribution in [0.2, 0.25) is 0 Å². The van der Waals surface area contributed by atoms with E-state index < -0.39 is 0 Å². The maximum absolute atomic E-state index is 12.4. The lowest BCUT2D eigenvalue weighted by atomic mass is 10.3. The number of aromatic amines is 1. The molecule has 0 fully saturated rings. The largest absolute Gasteiger partial charge is 0.350 e. The van der Waals surface area contributed by atoms with Crippen molar-refractivity contribution in [1.82, 2.24) is 30.1 Å². The molecule has 0 unspecified atom stereocenters. The highest BCUT2D eigenvalue weighted by molar-refractivity contribution is 5.94. The predicted octanol–water partition coefficient (Wildman–Crippen LogP) is 1.04. The third kappa shape index (κ3) is 2.62. The van der Waals surface area contributed by atoms with Gasteiger partial charge in [-0.1, -0.05) is 6.07 Å². The molecule has 0 aliphatic rings. The van der Waals surface area contributed by atoms with E-state index in [-0.39, 0.29) is 5.91 Å². The van der Waals surface area contributed by atoms with Crippen molar-refractivity contribution in [2.24, 2.45) is 0 Å². The number of H-pyrrole nitrogens is 1. The molecule has 0 radical (unpaired) electrons. The molecule has 0 saturated heterocycles. The summed E-state index contributed by atoms with van der Waals surface area (Å²) in [6.45, 7) is 4.33. The minimum absolute atomic E-state index is 0.130. The molecule has 3 rings (SSSR count). The minimum Gasteiger partial charge on any atom is -0.350 e. The Morgan fingerprint density at radius 1 is 1.38 bits per heavy atom. The summed E-state index contributed by atoms with van der Waals surface area (Å²) in [6.07, 6.45) is 4.20. The molecular weight excluding hydrogens is 268 g/mol. The molecule has 21 heavy (non-hydrogen) atoms. The minimum atomic E-state index is -0.130. The van der Waals surface area contributed by atoms with Crippen LogP contribution in [-0.4, -0.2) is 37.2 Å². The molecule has 1 amide bonds. The average Bonchev–Trinajstić information content (AvgIpc) is 3.05. The predicted molar refractivity (Wildman–Crippen MR) is 77.1 cm³/mol. The van der Waals surface area contributed by atoms with Gasteiger partial charge in [0.2, 0.25) is 0 Å². The third-order valence-corrected chi connectivity index (χ3v) is 3.29. The second-order valence-electron chi connectivity index (χ2n) is 4.95. The number of rotatable bonds is 4. The number of aromatic nitrogens is 5. The zero-order valence-electron chi connectivity index (χ0n) is 11.9. The highest BCUT2D eigenvalue weighted by Crippen LogP contribution is 2.13. The number of hydrogen-bond acceptors (Lipinski definition) is 4. The molecule has 3 aromatic rings. The fourth-order valence-electron chi connectivity index (χ4n) is 2.28. The second kappa shape index (κ2) is 5.35. The number of imidazole rings is 1. The summed E-state index contributed by atoms with van der Waals surface area (Å²) in [5.74, 6) is -0.130. The van der Waals surface area contributed by atoms with Crippen molar-refractivity contribution in [2.75, 3.05) is 6.54 Å². The highest BCUT2D eigenvalue weighted by atomic mass is 16.1. The molecule has 0 bridgehead atoms. The van der Waals surface area contributed by atoms with E-state index in [1.54, 1.807) is 6.20 Å².